The number of carboxylic acid groups (broad SMARTS) is 1. The zero-order valence-electron chi connectivity index (χ0n) is 15.2. The minimum Gasteiger partial charge on any atom is -0.481 e. The normalized spacial score (nSPS) is 22.5. The molecule has 7 nitrogen and oxygen atoms in total. The van der Waals surface area contributed by atoms with Crippen molar-refractivity contribution in [1.29, 1.82) is 0 Å². The van der Waals surface area contributed by atoms with Gasteiger partial charge in [0, 0.05) is 13.0 Å². The van der Waals surface area contributed by atoms with E-state index in [-0.39, 0.29) is 18.4 Å². The SMILES string of the molecule is O=C(O)CCCSCCC1C(=O)NC(=O)N1CCC(O)C1CCCCC1. The summed E-state index contributed by atoms with van der Waals surface area (Å²) in [5, 5.41) is 21.4. The Balaban J connectivity index is 1.73. The van der Waals surface area contributed by atoms with Crippen LogP contribution in [0.2, 0.25) is 0 Å². The zero-order chi connectivity index (χ0) is 18.9. The van der Waals surface area contributed by atoms with E-state index in [1.807, 2.05) is 0 Å². The molecule has 148 valence electrons. The van der Waals surface area contributed by atoms with Crippen molar-refractivity contribution >= 4 is 29.7 Å². The molecule has 2 unspecified atom stereocenters. The highest BCUT2D eigenvalue weighted by molar-refractivity contribution is 7.99. The van der Waals surface area contributed by atoms with E-state index in [9.17, 15) is 19.5 Å². The number of carboxylic acids is 1. The van der Waals surface area contributed by atoms with Crippen LogP contribution in [0.15, 0.2) is 0 Å². The zero-order valence-corrected chi connectivity index (χ0v) is 16.0. The molecule has 1 aliphatic carbocycles. The third-order valence-corrected chi connectivity index (χ3v) is 6.35. The molecule has 26 heavy (non-hydrogen) atoms. The van der Waals surface area contributed by atoms with Gasteiger partial charge in [-0.1, -0.05) is 19.3 Å². The van der Waals surface area contributed by atoms with Crippen LogP contribution >= 0.6 is 11.8 Å². The standard InChI is InChI=1S/C18H30N2O5S/c21-15(13-5-2-1-3-6-13)8-10-20-14(17(24)19-18(20)25)9-12-26-11-4-7-16(22)23/h13-15,21H,1-12H2,(H,22,23)(H,19,24,25). The van der Waals surface area contributed by atoms with Gasteiger partial charge in [0.15, 0.2) is 0 Å². The van der Waals surface area contributed by atoms with E-state index in [2.05, 4.69) is 5.32 Å². The van der Waals surface area contributed by atoms with Crippen molar-refractivity contribution in [3.05, 3.63) is 0 Å². The molecule has 0 spiro atoms. The lowest BCUT2D eigenvalue weighted by atomic mass is 9.84. The molecule has 3 N–H and O–H groups in total. The van der Waals surface area contributed by atoms with Gasteiger partial charge < -0.3 is 15.1 Å². The highest BCUT2D eigenvalue weighted by atomic mass is 32.2. The van der Waals surface area contributed by atoms with Crippen LogP contribution in [0.1, 0.15) is 57.8 Å². The number of aliphatic hydroxyl groups is 1. The predicted octanol–water partition coefficient (Wildman–Crippen LogP) is 2.23. The summed E-state index contributed by atoms with van der Waals surface area (Å²) in [6.45, 7) is 0.392. The first-order chi connectivity index (χ1) is 12.5. The van der Waals surface area contributed by atoms with Crippen molar-refractivity contribution in [2.24, 2.45) is 5.92 Å². The second-order valence-corrected chi connectivity index (χ2v) is 8.38. The summed E-state index contributed by atoms with van der Waals surface area (Å²) in [6, 6.07) is -0.847. The minimum absolute atomic E-state index is 0.153. The van der Waals surface area contributed by atoms with Crippen LogP contribution in [-0.2, 0) is 9.59 Å². The second-order valence-electron chi connectivity index (χ2n) is 7.16. The Hall–Kier alpha value is -1.28. The van der Waals surface area contributed by atoms with Crippen molar-refractivity contribution in [3.8, 4) is 0 Å². The van der Waals surface area contributed by atoms with Gasteiger partial charge in [0.1, 0.15) is 6.04 Å². The number of aliphatic hydroxyl groups excluding tert-OH is 1. The smallest absolute Gasteiger partial charge is 0.324 e. The fraction of sp³-hybridized carbons (Fsp3) is 0.833. The number of amides is 3. The first-order valence-electron chi connectivity index (χ1n) is 9.58. The van der Waals surface area contributed by atoms with Crippen LogP contribution in [-0.4, -0.2) is 63.2 Å². The lowest BCUT2D eigenvalue weighted by molar-refractivity contribution is -0.137. The number of imide groups is 1. The van der Waals surface area contributed by atoms with Gasteiger partial charge in [0.25, 0.3) is 5.91 Å². The molecule has 3 amide bonds. The molecule has 1 heterocycles. The van der Waals surface area contributed by atoms with Gasteiger partial charge in [-0.3, -0.25) is 14.9 Å². The molecule has 8 heteroatoms. The van der Waals surface area contributed by atoms with Crippen molar-refractivity contribution in [1.82, 2.24) is 10.2 Å². The third-order valence-electron chi connectivity index (χ3n) is 5.24. The molecule has 2 aliphatic rings. The molecule has 0 aromatic carbocycles. The Labute approximate surface area is 158 Å². The fourth-order valence-corrected chi connectivity index (χ4v) is 4.68. The second kappa shape index (κ2) is 10.8. The molecular weight excluding hydrogens is 356 g/mol. The van der Waals surface area contributed by atoms with E-state index >= 15 is 0 Å². The Bertz CT molecular complexity index is 496. The first kappa shape index (κ1) is 21.0. The number of urea groups is 1. The summed E-state index contributed by atoms with van der Waals surface area (Å²) in [6.07, 6.45) is 7.04. The maximum absolute atomic E-state index is 12.0. The lowest BCUT2D eigenvalue weighted by Gasteiger charge is -2.29. The summed E-state index contributed by atoms with van der Waals surface area (Å²) >= 11 is 1.60. The van der Waals surface area contributed by atoms with Crippen molar-refractivity contribution in [3.63, 3.8) is 0 Å². The fourth-order valence-electron chi connectivity index (χ4n) is 3.74. The number of hydrogen-bond donors (Lipinski definition) is 3. The lowest BCUT2D eigenvalue weighted by Crippen LogP contribution is -2.38. The summed E-state index contributed by atoms with van der Waals surface area (Å²) in [5.41, 5.74) is 0. The Morgan fingerprint density at radius 1 is 1.23 bits per heavy atom. The number of carbonyl (C=O) groups excluding carboxylic acids is 2. The molecule has 2 fully saturated rings. The summed E-state index contributed by atoms with van der Waals surface area (Å²) in [7, 11) is 0. The molecule has 2 rings (SSSR count). The van der Waals surface area contributed by atoms with E-state index in [0.29, 0.717) is 37.5 Å². The minimum atomic E-state index is -0.797. The Morgan fingerprint density at radius 2 is 1.96 bits per heavy atom. The maximum atomic E-state index is 12.0. The van der Waals surface area contributed by atoms with Gasteiger partial charge in [-0.15, -0.1) is 0 Å². The largest absolute Gasteiger partial charge is 0.481 e. The van der Waals surface area contributed by atoms with Crippen LogP contribution in [0.4, 0.5) is 4.79 Å². The summed E-state index contributed by atoms with van der Waals surface area (Å²) < 4.78 is 0. The van der Waals surface area contributed by atoms with E-state index in [0.717, 1.165) is 31.4 Å². The number of hydrogen-bond acceptors (Lipinski definition) is 5. The summed E-state index contributed by atoms with van der Waals surface area (Å²) in [4.78, 5) is 36.1. The van der Waals surface area contributed by atoms with E-state index < -0.39 is 18.1 Å². The van der Waals surface area contributed by atoms with Crippen molar-refractivity contribution in [2.75, 3.05) is 18.1 Å². The molecule has 0 aromatic heterocycles. The molecule has 2 atom stereocenters. The number of nitrogens with one attached hydrogen (secondary N) is 1. The average molecular weight is 387 g/mol. The number of rotatable bonds is 11. The number of aliphatic carboxylic acids is 1. The highest BCUT2D eigenvalue weighted by Crippen LogP contribution is 2.28. The monoisotopic (exact) mass is 386 g/mol. The average Bonchev–Trinajstić information content (AvgIpc) is 2.89. The van der Waals surface area contributed by atoms with Crippen LogP contribution in [0.3, 0.4) is 0 Å². The molecule has 1 saturated heterocycles. The Kier molecular flexibility index (Phi) is 8.71. The molecule has 1 aliphatic heterocycles. The van der Waals surface area contributed by atoms with Crippen molar-refractivity contribution < 1.29 is 24.6 Å². The topological polar surface area (TPSA) is 107 Å². The third kappa shape index (κ3) is 6.46. The maximum Gasteiger partial charge on any atom is 0.324 e. The quantitative estimate of drug-likeness (QED) is 0.371. The van der Waals surface area contributed by atoms with Gasteiger partial charge in [-0.05, 0) is 49.5 Å². The summed E-state index contributed by atoms with van der Waals surface area (Å²) in [5.74, 6) is 0.678. The van der Waals surface area contributed by atoms with Gasteiger partial charge in [-0.2, -0.15) is 11.8 Å². The van der Waals surface area contributed by atoms with Gasteiger partial charge in [0.05, 0.1) is 6.10 Å². The molecule has 0 aromatic rings. The molecule has 0 bridgehead atoms. The van der Waals surface area contributed by atoms with Crippen LogP contribution < -0.4 is 5.32 Å². The molecule has 1 saturated carbocycles. The van der Waals surface area contributed by atoms with Crippen LogP contribution in [0.25, 0.3) is 0 Å². The van der Waals surface area contributed by atoms with Crippen LogP contribution in [0, 0.1) is 5.92 Å². The van der Waals surface area contributed by atoms with E-state index in [1.165, 1.54) is 6.42 Å². The van der Waals surface area contributed by atoms with E-state index in [1.54, 1.807) is 16.7 Å². The number of thioether (sulfide) groups is 1. The van der Waals surface area contributed by atoms with Crippen LogP contribution in [0.5, 0.6) is 0 Å². The predicted molar refractivity (Wildman–Crippen MR) is 100 cm³/mol. The van der Waals surface area contributed by atoms with Gasteiger partial charge in [0.2, 0.25) is 0 Å². The number of nitrogens with zero attached hydrogens (tertiary/aromatic N) is 1. The molecular formula is C18H30N2O5S. The van der Waals surface area contributed by atoms with Gasteiger partial charge >= 0.3 is 12.0 Å². The number of carbonyl (C=O) groups is 3. The Morgan fingerprint density at radius 3 is 2.65 bits per heavy atom. The first-order valence-corrected chi connectivity index (χ1v) is 10.7. The molecule has 0 radical (unpaired) electrons. The van der Waals surface area contributed by atoms with Crippen molar-refractivity contribution in [2.45, 2.75) is 69.9 Å². The highest BCUT2D eigenvalue weighted by Gasteiger charge is 2.38. The van der Waals surface area contributed by atoms with E-state index in [4.69, 9.17) is 5.11 Å². The van der Waals surface area contributed by atoms with Gasteiger partial charge in [-0.25, -0.2) is 4.79 Å².